The monoisotopic (exact) mass is 293 g/mol. The third-order valence-corrected chi connectivity index (χ3v) is 3.64. The molecule has 0 atom stereocenters. The number of hydrogen-bond donors (Lipinski definition) is 1. The Labute approximate surface area is 120 Å². The third kappa shape index (κ3) is 3.60. The largest absolute Gasteiger partial charge is 0.494 e. The van der Waals surface area contributed by atoms with Gasteiger partial charge in [0.15, 0.2) is 10.3 Å². The van der Waals surface area contributed by atoms with E-state index in [0.29, 0.717) is 23.2 Å². The molecule has 1 aromatic carbocycles. The second-order valence-electron chi connectivity index (χ2n) is 3.68. The van der Waals surface area contributed by atoms with Gasteiger partial charge < -0.3 is 10.1 Å². The Kier molecular flexibility index (Phi) is 4.61. The summed E-state index contributed by atoms with van der Waals surface area (Å²) in [5.41, 5.74) is 1.08. The first-order valence-corrected chi connectivity index (χ1v) is 6.94. The van der Waals surface area contributed by atoms with Gasteiger partial charge in [0.2, 0.25) is 0 Å². The molecule has 0 unspecified atom stereocenters. The number of thiazole rings is 1. The molecule has 4 nitrogen and oxygen atoms in total. The van der Waals surface area contributed by atoms with E-state index in [9.17, 15) is 0 Å². The van der Waals surface area contributed by atoms with Crippen molar-refractivity contribution in [1.82, 2.24) is 4.98 Å². The zero-order valence-electron chi connectivity index (χ0n) is 10.3. The van der Waals surface area contributed by atoms with E-state index in [-0.39, 0.29) is 5.15 Å². The average molecular weight is 294 g/mol. The van der Waals surface area contributed by atoms with Crippen LogP contribution >= 0.6 is 22.9 Å². The van der Waals surface area contributed by atoms with Crippen molar-refractivity contribution in [2.75, 3.05) is 11.9 Å². The molecule has 0 spiro atoms. The number of benzene rings is 1. The number of hydrogen-bond acceptors (Lipinski definition) is 5. The van der Waals surface area contributed by atoms with Crippen LogP contribution in [0.2, 0.25) is 5.15 Å². The quantitative estimate of drug-likeness (QED) is 0.913. The first-order valence-electron chi connectivity index (χ1n) is 5.75. The highest BCUT2D eigenvalue weighted by Gasteiger charge is 2.08. The number of ether oxygens (including phenoxy) is 1. The van der Waals surface area contributed by atoms with E-state index in [4.69, 9.17) is 21.6 Å². The lowest BCUT2D eigenvalue weighted by Gasteiger charge is -2.06. The molecule has 2 rings (SSSR count). The molecule has 1 heterocycles. The van der Waals surface area contributed by atoms with Crippen molar-refractivity contribution in [2.45, 2.75) is 13.5 Å². The SMILES string of the molecule is CCOc1cccc(CNc2nc(Cl)c(C#N)s2)c1. The van der Waals surface area contributed by atoms with Gasteiger partial charge in [-0.05, 0) is 24.6 Å². The number of halogens is 1. The van der Waals surface area contributed by atoms with Crippen molar-refractivity contribution in [2.24, 2.45) is 0 Å². The maximum Gasteiger partial charge on any atom is 0.185 e. The molecule has 19 heavy (non-hydrogen) atoms. The summed E-state index contributed by atoms with van der Waals surface area (Å²) in [6.07, 6.45) is 0. The van der Waals surface area contributed by atoms with Gasteiger partial charge in [0, 0.05) is 6.54 Å². The maximum atomic E-state index is 8.80. The number of aromatic nitrogens is 1. The fraction of sp³-hybridized carbons (Fsp3) is 0.231. The summed E-state index contributed by atoms with van der Waals surface area (Å²) in [6.45, 7) is 3.20. The molecule has 1 aromatic heterocycles. The van der Waals surface area contributed by atoms with E-state index in [0.717, 1.165) is 11.3 Å². The highest BCUT2D eigenvalue weighted by atomic mass is 35.5. The molecule has 0 saturated heterocycles. The summed E-state index contributed by atoms with van der Waals surface area (Å²) in [5.74, 6) is 0.844. The van der Waals surface area contributed by atoms with E-state index in [1.807, 2.05) is 37.3 Å². The summed E-state index contributed by atoms with van der Waals surface area (Å²) >= 11 is 7.06. The molecule has 0 aliphatic rings. The van der Waals surface area contributed by atoms with Crippen LogP contribution in [0, 0.1) is 11.3 Å². The lowest BCUT2D eigenvalue weighted by molar-refractivity contribution is 0.340. The summed E-state index contributed by atoms with van der Waals surface area (Å²) < 4.78 is 5.43. The van der Waals surface area contributed by atoms with E-state index in [1.54, 1.807) is 0 Å². The molecule has 6 heteroatoms. The van der Waals surface area contributed by atoms with Gasteiger partial charge in [-0.25, -0.2) is 4.98 Å². The second-order valence-corrected chi connectivity index (χ2v) is 5.04. The van der Waals surface area contributed by atoms with Crippen LogP contribution in [-0.2, 0) is 6.54 Å². The normalized spacial score (nSPS) is 9.95. The smallest absolute Gasteiger partial charge is 0.185 e. The van der Waals surface area contributed by atoms with Gasteiger partial charge in [-0.1, -0.05) is 35.1 Å². The standard InChI is InChI=1S/C13H12ClN3OS/c1-2-18-10-5-3-4-9(6-10)8-16-13-17-12(14)11(7-15)19-13/h3-6H,2,8H2,1H3,(H,16,17). The van der Waals surface area contributed by atoms with Crippen LogP contribution in [0.5, 0.6) is 5.75 Å². The number of rotatable bonds is 5. The molecule has 0 fully saturated rings. The molecule has 0 saturated carbocycles. The highest BCUT2D eigenvalue weighted by Crippen LogP contribution is 2.26. The minimum atomic E-state index is 0.248. The van der Waals surface area contributed by atoms with E-state index >= 15 is 0 Å². The molecule has 0 radical (unpaired) electrons. The van der Waals surface area contributed by atoms with Crippen molar-refractivity contribution in [1.29, 1.82) is 5.26 Å². The third-order valence-electron chi connectivity index (χ3n) is 2.34. The molecular weight excluding hydrogens is 282 g/mol. The molecule has 0 amide bonds. The van der Waals surface area contributed by atoms with Crippen molar-refractivity contribution < 1.29 is 4.74 Å². The van der Waals surface area contributed by atoms with E-state index < -0.39 is 0 Å². The maximum absolute atomic E-state index is 8.80. The Morgan fingerprint density at radius 3 is 3.05 bits per heavy atom. The number of anilines is 1. The molecular formula is C13H12ClN3OS. The number of nitriles is 1. The molecule has 1 N–H and O–H groups in total. The fourth-order valence-electron chi connectivity index (χ4n) is 1.54. The Bertz CT molecular complexity index is 606. The topological polar surface area (TPSA) is 57.9 Å². The van der Waals surface area contributed by atoms with Gasteiger partial charge >= 0.3 is 0 Å². The predicted molar refractivity (Wildman–Crippen MR) is 76.8 cm³/mol. The Hall–Kier alpha value is -1.77. The highest BCUT2D eigenvalue weighted by molar-refractivity contribution is 7.16. The molecule has 0 aliphatic heterocycles. The zero-order valence-corrected chi connectivity index (χ0v) is 11.9. The average Bonchev–Trinajstić information content (AvgIpc) is 2.78. The molecule has 0 bridgehead atoms. The van der Waals surface area contributed by atoms with Crippen LogP contribution in [0.3, 0.4) is 0 Å². The van der Waals surface area contributed by atoms with Gasteiger partial charge in [-0.15, -0.1) is 0 Å². The van der Waals surface area contributed by atoms with Crippen LogP contribution in [0.25, 0.3) is 0 Å². The predicted octanol–water partition coefficient (Wildman–Crippen LogP) is 3.68. The lowest BCUT2D eigenvalue weighted by Crippen LogP contribution is -1.99. The summed E-state index contributed by atoms with van der Waals surface area (Å²) in [6, 6.07) is 9.83. The lowest BCUT2D eigenvalue weighted by atomic mass is 10.2. The van der Waals surface area contributed by atoms with Gasteiger partial charge in [-0.3, -0.25) is 0 Å². The van der Waals surface area contributed by atoms with Gasteiger partial charge in [0.05, 0.1) is 6.61 Å². The van der Waals surface area contributed by atoms with E-state index in [1.165, 1.54) is 11.3 Å². The van der Waals surface area contributed by atoms with Crippen molar-refractivity contribution >= 4 is 28.1 Å². The number of nitrogens with zero attached hydrogens (tertiary/aromatic N) is 2. The van der Waals surface area contributed by atoms with Crippen LogP contribution < -0.4 is 10.1 Å². The first-order chi connectivity index (χ1) is 9.22. The second kappa shape index (κ2) is 6.41. The summed E-state index contributed by atoms with van der Waals surface area (Å²) in [5, 5.41) is 12.8. The number of nitrogens with one attached hydrogen (secondary N) is 1. The fourth-order valence-corrected chi connectivity index (χ4v) is 2.48. The molecule has 98 valence electrons. The minimum Gasteiger partial charge on any atom is -0.494 e. The van der Waals surface area contributed by atoms with Gasteiger partial charge in [0.25, 0.3) is 0 Å². The Morgan fingerprint density at radius 1 is 1.53 bits per heavy atom. The Balaban J connectivity index is 2.01. The van der Waals surface area contributed by atoms with Crippen LogP contribution in [-0.4, -0.2) is 11.6 Å². The van der Waals surface area contributed by atoms with Crippen LogP contribution in [0.1, 0.15) is 17.4 Å². The zero-order chi connectivity index (χ0) is 13.7. The van der Waals surface area contributed by atoms with Crippen LogP contribution in [0.4, 0.5) is 5.13 Å². The van der Waals surface area contributed by atoms with Gasteiger partial charge in [-0.2, -0.15) is 5.26 Å². The van der Waals surface area contributed by atoms with Gasteiger partial charge in [0.1, 0.15) is 16.7 Å². The first kappa shape index (κ1) is 13.7. The van der Waals surface area contributed by atoms with E-state index in [2.05, 4.69) is 10.3 Å². The summed E-state index contributed by atoms with van der Waals surface area (Å²) in [7, 11) is 0. The molecule has 2 aromatic rings. The van der Waals surface area contributed by atoms with Crippen LogP contribution in [0.15, 0.2) is 24.3 Å². The van der Waals surface area contributed by atoms with Crippen molar-refractivity contribution in [3.05, 3.63) is 39.9 Å². The molecule has 0 aliphatic carbocycles. The summed E-state index contributed by atoms with van der Waals surface area (Å²) in [4.78, 5) is 4.50. The van der Waals surface area contributed by atoms with Crippen molar-refractivity contribution in [3.63, 3.8) is 0 Å². The van der Waals surface area contributed by atoms with Crippen molar-refractivity contribution in [3.8, 4) is 11.8 Å². The minimum absolute atomic E-state index is 0.248. The Morgan fingerprint density at radius 2 is 2.37 bits per heavy atom.